The first-order chi connectivity index (χ1) is 17.2. The molecule has 0 atom stereocenters. The lowest BCUT2D eigenvalue weighted by molar-refractivity contribution is 1.25. The van der Waals surface area contributed by atoms with Crippen LogP contribution in [-0.2, 0) is 0 Å². The van der Waals surface area contributed by atoms with Gasteiger partial charge in [-0.2, -0.15) is 0 Å². The molecule has 5 aromatic carbocycles. The van der Waals surface area contributed by atoms with E-state index in [1.807, 2.05) is 0 Å². The molecule has 2 aliphatic heterocycles. The van der Waals surface area contributed by atoms with Gasteiger partial charge in [0.1, 0.15) is 0 Å². The Morgan fingerprint density at radius 3 is 1.23 bits per heavy atom. The molecule has 0 amide bonds. The zero-order valence-electron chi connectivity index (χ0n) is 18.7. The van der Waals surface area contributed by atoms with Gasteiger partial charge in [-0.1, -0.05) is 78.9 Å². The number of hydrogen-bond donors (Lipinski definition) is 0. The van der Waals surface area contributed by atoms with E-state index in [-0.39, 0.29) is 6.98 Å². The van der Waals surface area contributed by atoms with Crippen LogP contribution in [0.25, 0.3) is 22.3 Å². The maximum absolute atomic E-state index is 3.87. The molecule has 0 unspecified atom stereocenters. The lowest BCUT2D eigenvalue weighted by atomic mass is 9.53. The van der Waals surface area contributed by atoms with Gasteiger partial charge in [0.15, 0.2) is 0 Å². The number of fused-ring (bicyclic) bond motifs is 4. The number of hydrogen-bond acceptors (Lipinski definition) is 2. The van der Waals surface area contributed by atoms with Crippen molar-refractivity contribution in [2.75, 3.05) is 9.62 Å². The van der Waals surface area contributed by atoms with E-state index in [1.54, 1.807) is 0 Å². The van der Waals surface area contributed by atoms with Crippen LogP contribution in [0.4, 0.5) is 22.7 Å². The average molecular weight is 578 g/mol. The second-order valence-electron chi connectivity index (χ2n) is 8.82. The van der Waals surface area contributed by atoms with Gasteiger partial charge in [-0.3, -0.25) is 0 Å². The number of benzene rings is 5. The summed E-state index contributed by atoms with van der Waals surface area (Å²) in [6.45, 7) is -0.0663. The average Bonchev–Trinajstić information content (AvgIpc) is 2.90. The molecule has 5 aromatic rings. The van der Waals surface area contributed by atoms with Crippen molar-refractivity contribution in [3.8, 4) is 22.3 Å². The highest BCUT2D eigenvalue weighted by atomic mass is 79.9. The Morgan fingerprint density at radius 2 is 0.771 bits per heavy atom. The van der Waals surface area contributed by atoms with Gasteiger partial charge in [-0.05, 0) is 84.8 Å². The maximum atomic E-state index is 3.87. The van der Waals surface area contributed by atoms with Crippen LogP contribution in [0.1, 0.15) is 0 Å². The summed E-state index contributed by atoms with van der Waals surface area (Å²) in [6.07, 6.45) is 0. The molecule has 2 aliphatic rings. The van der Waals surface area contributed by atoms with Gasteiger partial charge in [0.25, 0.3) is 0 Å². The molecule has 166 valence electrons. The Kier molecular flexibility index (Phi) is 4.90. The fourth-order valence-corrected chi connectivity index (χ4v) is 6.54. The molecule has 0 saturated carbocycles. The van der Waals surface area contributed by atoms with E-state index < -0.39 is 0 Å². The lowest BCUT2D eigenvalue weighted by Gasteiger charge is -2.48. The van der Waals surface area contributed by atoms with Gasteiger partial charge >= 0.3 is 6.98 Å². The molecular weight excluding hydrogens is 559 g/mol. The van der Waals surface area contributed by atoms with E-state index in [2.05, 4.69) is 157 Å². The standard InChI is InChI=1S/C30H19BBr2N2/c32-24-14-3-7-18-28(24)34-26-16-5-1-10-20(26)22-12-9-13-23-21-11-2-6-17-27(21)35(31(34)30(22)23)29-19-8-4-15-25(29)33/h1-19H. The van der Waals surface area contributed by atoms with Crippen LogP contribution >= 0.6 is 31.9 Å². The zero-order valence-corrected chi connectivity index (χ0v) is 21.9. The number of para-hydroxylation sites is 4. The largest absolute Gasteiger partial charge is 0.422 e. The number of halogens is 2. The second kappa shape index (κ2) is 8.15. The highest BCUT2D eigenvalue weighted by molar-refractivity contribution is 9.11. The van der Waals surface area contributed by atoms with Crippen molar-refractivity contribution < 1.29 is 0 Å². The fourth-order valence-electron chi connectivity index (χ4n) is 5.59. The van der Waals surface area contributed by atoms with Crippen molar-refractivity contribution in [1.82, 2.24) is 0 Å². The monoisotopic (exact) mass is 576 g/mol. The summed E-state index contributed by atoms with van der Waals surface area (Å²) in [5, 5.41) is 0. The highest BCUT2D eigenvalue weighted by Gasteiger charge is 2.47. The van der Waals surface area contributed by atoms with Crippen LogP contribution in [-0.4, -0.2) is 6.98 Å². The van der Waals surface area contributed by atoms with Crippen LogP contribution in [0.15, 0.2) is 124 Å². The third-order valence-corrected chi connectivity index (χ3v) is 8.33. The number of rotatable bonds is 2. The molecule has 0 radical (unpaired) electrons. The van der Waals surface area contributed by atoms with Gasteiger partial charge in [-0.15, -0.1) is 0 Å². The SMILES string of the molecule is Brc1ccccc1N1B2c3c(cccc3-c3ccccc3N2c2ccccc2Br)-c2ccccc21. The van der Waals surface area contributed by atoms with Gasteiger partial charge in [0, 0.05) is 42.8 Å². The molecule has 7 rings (SSSR count). The van der Waals surface area contributed by atoms with Crippen molar-refractivity contribution in [2.45, 2.75) is 0 Å². The molecular formula is C30H19BBr2N2. The van der Waals surface area contributed by atoms with E-state index in [0.29, 0.717) is 0 Å². The molecule has 0 N–H and O–H groups in total. The van der Waals surface area contributed by atoms with Crippen LogP contribution in [0.5, 0.6) is 0 Å². The van der Waals surface area contributed by atoms with Gasteiger partial charge < -0.3 is 9.62 Å². The predicted molar refractivity (Wildman–Crippen MR) is 155 cm³/mol. The molecule has 0 aromatic heterocycles. The van der Waals surface area contributed by atoms with E-state index in [4.69, 9.17) is 0 Å². The maximum Gasteiger partial charge on any atom is 0.422 e. The topological polar surface area (TPSA) is 6.48 Å². The van der Waals surface area contributed by atoms with Gasteiger partial charge in [-0.25, -0.2) is 0 Å². The van der Waals surface area contributed by atoms with E-state index in [1.165, 1.54) is 39.1 Å². The van der Waals surface area contributed by atoms with E-state index in [9.17, 15) is 0 Å². The molecule has 0 saturated heterocycles. The fraction of sp³-hybridized carbons (Fsp3) is 0. The Hall–Kier alpha value is -3.28. The molecule has 5 heteroatoms. The quantitative estimate of drug-likeness (QED) is 0.194. The summed E-state index contributed by atoms with van der Waals surface area (Å²) in [7, 11) is 0. The Balaban J connectivity index is 1.64. The Bertz CT molecular complexity index is 1500. The first-order valence-corrected chi connectivity index (χ1v) is 13.2. The number of anilines is 4. The Labute approximate surface area is 222 Å². The summed E-state index contributed by atoms with van der Waals surface area (Å²) < 4.78 is 2.14. The van der Waals surface area contributed by atoms with Crippen molar-refractivity contribution in [1.29, 1.82) is 0 Å². The minimum absolute atomic E-state index is 0.0663. The normalized spacial score (nSPS) is 13.3. The lowest BCUT2D eigenvalue weighted by Crippen LogP contribution is -2.62. The molecule has 0 aliphatic carbocycles. The van der Waals surface area contributed by atoms with Crippen molar-refractivity contribution in [3.63, 3.8) is 0 Å². The molecule has 0 spiro atoms. The van der Waals surface area contributed by atoms with E-state index in [0.717, 1.165) is 20.3 Å². The molecule has 0 bridgehead atoms. The van der Waals surface area contributed by atoms with Crippen molar-refractivity contribution in [3.05, 3.63) is 124 Å². The van der Waals surface area contributed by atoms with E-state index >= 15 is 0 Å². The van der Waals surface area contributed by atoms with Crippen LogP contribution in [0.2, 0.25) is 0 Å². The van der Waals surface area contributed by atoms with Gasteiger partial charge in [0.05, 0.1) is 0 Å². The first-order valence-electron chi connectivity index (χ1n) is 11.6. The number of nitrogens with zero attached hydrogens (tertiary/aromatic N) is 2. The van der Waals surface area contributed by atoms with Crippen molar-refractivity contribution in [2.24, 2.45) is 0 Å². The summed E-state index contributed by atoms with van der Waals surface area (Å²) >= 11 is 7.74. The first kappa shape index (κ1) is 21.0. The summed E-state index contributed by atoms with van der Waals surface area (Å²) in [6, 6.07) is 41.3. The summed E-state index contributed by atoms with van der Waals surface area (Å²) in [5.74, 6) is 0. The van der Waals surface area contributed by atoms with Crippen LogP contribution in [0.3, 0.4) is 0 Å². The predicted octanol–water partition coefficient (Wildman–Crippen LogP) is 8.54. The zero-order chi connectivity index (χ0) is 23.5. The molecule has 2 heterocycles. The third-order valence-electron chi connectivity index (χ3n) is 6.98. The molecule has 2 nitrogen and oxygen atoms in total. The minimum Gasteiger partial charge on any atom is -0.360 e. The van der Waals surface area contributed by atoms with Crippen LogP contribution < -0.4 is 15.1 Å². The van der Waals surface area contributed by atoms with Crippen LogP contribution in [0, 0.1) is 0 Å². The Morgan fingerprint density at radius 1 is 0.400 bits per heavy atom. The molecule has 35 heavy (non-hydrogen) atoms. The highest BCUT2D eigenvalue weighted by Crippen LogP contribution is 2.50. The minimum atomic E-state index is -0.0663. The summed E-state index contributed by atoms with van der Waals surface area (Å²) in [4.78, 5) is 4.97. The van der Waals surface area contributed by atoms with Crippen molar-refractivity contribution >= 4 is 67.1 Å². The molecule has 0 fully saturated rings. The third kappa shape index (κ3) is 3.08. The smallest absolute Gasteiger partial charge is 0.360 e. The summed E-state index contributed by atoms with van der Waals surface area (Å²) in [5.41, 5.74) is 11.1. The van der Waals surface area contributed by atoms with Gasteiger partial charge in [0.2, 0.25) is 0 Å². The second-order valence-corrected chi connectivity index (χ2v) is 10.5.